The van der Waals surface area contributed by atoms with Gasteiger partial charge in [0.1, 0.15) is 16.7 Å². The third-order valence-corrected chi connectivity index (χ3v) is 6.70. The van der Waals surface area contributed by atoms with Gasteiger partial charge in [-0.3, -0.25) is 9.79 Å². The van der Waals surface area contributed by atoms with E-state index >= 15 is 0 Å². The van der Waals surface area contributed by atoms with Crippen molar-refractivity contribution in [3.8, 4) is 17.0 Å². The molecule has 0 unspecified atom stereocenters. The number of thiazole rings is 1. The van der Waals surface area contributed by atoms with E-state index in [1.807, 2.05) is 12.3 Å². The number of amides is 1. The van der Waals surface area contributed by atoms with Gasteiger partial charge in [0.25, 0.3) is 5.91 Å². The highest BCUT2D eigenvalue weighted by molar-refractivity contribution is 7.07. The smallest absolute Gasteiger partial charge is 0.252 e. The van der Waals surface area contributed by atoms with Gasteiger partial charge in [0, 0.05) is 18.1 Å². The van der Waals surface area contributed by atoms with Crippen LogP contribution in [0.2, 0.25) is 5.15 Å². The number of halogens is 2. The van der Waals surface area contributed by atoms with Crippen LogP contribution in [-0.2, 0) is 11.3 Å². The van der Waals surface area contributed by atoms with Crippen molar-refractivity contribution in [1.82, 2.24) is 14.5 Å². The van der Waals surface area contributed by atoms with E-state index in [2.05, 4.69) is 15.2 Å². The number of primary amides is 1. The Bertz CT molecular complexity index is 1520. The number of methoxy groups -OCH3 is 1. The predicted molar refractivity (Wildman–Crippen MR) is 141 cm³/mol. The summed E-state index contributed by atoms with van der Waals surface area (Å²) in [6, 6.07) is 10.7. The summed E-state index contributed by atoms with van der Waals surface area (Å²) < 4.78 is 21.6. The number of aromatic nitrogens is 3. The van der Waals surface area contributed by atoms with Crippen molar-refractivity contribution in [2.24, 2.45) is 15.8 Å². The average molecular weight is 543 g/mol. The van der Waals surface area contributed by atoms with E-state index in [0.717, 1.165) is 5.56 Å². The van der Waals surface area contributed by atoms with E-state index in [9.17, 15) is 14.3 Å². The fourth-order valence-corrected chi connectivity index (χ4v) is 4.69. The van der Waals surface area contributed by atoms with Crippen LogP contribution in [-0.4, -0.2) is 51.9 Å². The molecule has 192 valence electrons. The summed E-state index contributed by atoms with van der Waals surface area (Å²) in [6.45, 7) is 3.04. The standard InChI is InChI=1S/C25H24ClFN6O3S/c1-15-20(23(26)32(31-15)13-16-3-6-18(27)7-4-16)12-30-33-21(14-37-25(33)29-9-10-36-2)17-5-8-22(34)19(11-17)24(28)35/h3-8,11-12,14,34H,9-10,13H2,1-2H3,(H2,28,35)/b29-25?,30-12-. The number of carbonyl (C=O) groups is 1. The van der Waals surface area contributed by atoms with Gasteiger partial charge < -0.3 is 15.6 Å². The number of aromatic hydroxyl groups is 1. The first-order chi connectivity index (χ1) is 17.8. The lowest BCUT2D eigenvalue weighted by molar-refractivity contribution is 0.0998. The predicted octanol–water partition coefficient (Wildman–Crippen LogP) is 3.80. The molecule has 1 amide bonds. The first-order valence-electron chi connectivity index (χ1n) is 11.1. The summed E-state index contributed by atoms with van der Waals surface area (Å²) in [4.78, 5) is 16.9. The van der Waals surface area contributed by atoms with Crippen LogP contribution in [0.4, 0.5) is 4.39 Å². The number of carbonyl (C=O) groups excluding carboxylic acids is 1. The molecule has 9 nitrogen and oxygen atoms in total. The molecule has 0 spiro atoms. The summed E-state index contributed by atoms with van der Waals surface area (Å²) in [6.07, 6.45) is 1.59. The van der Waals surface area contributed by atoms with E-state index < -0.39 is 5.91 Å². The zero-order chi connectivity index (χ0) is 26.5. The number of rotatable bonds is 9. The molecule has 0 saturated carbocycles. The van der Waals surface area contributed by atoms with Crippen molar-refractivity contribution < 1.29 is 19.0 Å². The summed E-state index contributed by atoms with van der Waals surface area (Å²) >= 11 is 7.99. The second-order valence-electron chi connectivity index (χ2n) is 8.00. The molecule has 4 aromatic rings. The van der Waals surface area contributed by atoms with Gasteiger partial charge in [-0.25, -0.2) is 13.7 Å². The first-order valence-corrected chi connectivity index (χ1v) is 12.4. The van der Waals surface area contributed by atoms with Gasteiger partial charge in [0.15, 0.2) is 0 Å². The summed E-state index contributed by atoms with van der Waals surface area (Å²) in [7, 11) is 1.59. The molecular weight excluding hydrogens is 519 g/mol. The van der Waals surface area contributed by atoms with Gasteiger partial charge in [-0.1, -0.05) is 23.7 Å². The Morgan fingerprint density at radius 2 is 2.05 bits per heavy atom. The largest absolute Gasteiger partial charge is 0.507 e. The molecule has 37 heavy (non-hydrogen) atoms. The van der Waals surface area contributed by atoms with Gasteiger partial charge in [0.05, 0.1) is 48.4 Å². The van der Waals surface area contributed by atoms with Gasteiger partial charge >= 0.3 is 0 Å². The Morgan fingerprint density at radius 3 is 2.76 bits per heavy atom. The minimum atomic E-state index is -0.745. The Hall–Kier alpha value is -3.80. The van der Waals surface area contributed by atoms with Crippen molar-refractivity contribution in [2.45, 2.75) is 13.5 Å². The van der Waals surface area contributed by atoms with Crippen molar-refractivity contribution in [3.05, 3.63) is 86.0 Å². The summed E-state index contributed by atoms with van der Waals surface area (Å²) in [5.74, 6) is -1.26. The molecule has 0 bridgehead atoms. The van der Waals surface area contributed by atoms with E-state index in [1.54, 1.807) is 40.9 Å². The fraction of sp³-hybridized carbons (Fsp3) is 0.200. The zero-order valence-electron chi connectivity index (χ0n) is 20.1. The number of hydrogen-bond acceptors (Lipinski definition) is 7. The van der Waals surface area contributed by atoms with E-state index in [1.165, 1.54) is 35.6 Å². The van der Waals surface area contributed by atoms with Crippen molar-refractivity contribution in [2.75, 3.05) is 20.3 Å². The van der Waals surface area contributed by atoms with Crippen LogP contribution in [0.15, 0.2) is 57.9 Å². The molecule has 2 heterocycles. The molecule has 0 aliphatic rings. The third kappa shape index (κ3) is 5.96. The van der Waals surface area contributed by atoms with Gasteiger partial charge in [-0.05, 0) is 42.8 Å². The molecular formula is C25H24ClFN6O3S. The summed E-state index contributed by atoms with van der Waals surface area (Å²) in [5.41, 5.74) is 8.77. The monoisotopic (exact) mass is 542 g/mol. The Labute approximate surface area is 220 Å². The summed E-state index contributed by atoms with van der Waals surface area (Å²) in [5, 5.41) is 21.4. The topological polar surface area (TPSA) is 120 Å². The first kappa shape index (κ1) is 26.3. The highest BCUT2D eigenvalue weighted by atomic mass is 35.5. The van der Waals surface area contributed by atoms with Crippen LogP contribution in [0.5, 0.6) is 5.75 Å². The number of nitrogens with two attached hydrogens (primary N) is 1. The molecule has 0 fully saturated rings. The van der Waals surface area contributed by atoms with Crippen molar-refractivity contribution in [3.63, 3.8) is 0 Å². The zero-order valence-corrected chi connectivity index (χ0v) is 21.6. The lowest BCUT2D eigenvalue weighted by Crippen LogP contribution is -2.14. The van der Waals surface area contributed by atoms with Crippen LogP contribution < -0.4 is 10.5 Å². The highest BCUT2D eigenvalue weighted by Crippen LogP contribution is 2.27. The molecule has 4 rings (SSSR count). The maximum Gasteiger partial charge on any atom is 0.252 e. The van der Waals surface area contributed by atoms with Gasteiger partial charge in [-0.15, -0.1) is 11.3 Å². The number of phenols is 1. The Kier molecular flexibility index (Phi) is 8.17. The molecule has 2 aromatic carbocycles. The van der Waals surface area contributed by atoms with E-state index in [4.69, 9.17) is 22.1 Å². The Balaban J connectivity index is 1.74. The number of benzene rings is 2. The second-order valence-corrected chi connectivity index (χ2v) is 9.20. The molecule has 0 saturated heterocycles. The number of ether oxygens (including phenoxy) is 1. The van der Waals surface area contributed by atoms with Crippen LogP contribution >= 0.6 is 22.9 Å². The quantitative estimate of drug-likeness (QED) is 0.247. The van der Waals surface area contributed by atoms with Crippen LogP contribution in [0, 0.1) is 12.7 Å². The molecule has 0 atom stereocenters. The maximum atomic E-state index is 13.3. The fourth-order valence-electron chi connectivity index (χ4n) is 3.54. The van der Waals surface area contributed by atoms with Gasteiger partial charge in [-0.2, -0.15) is 10.2 Å². The average Bonchev–Trinajstić information content (AvgIpc) is 3.39. The second kappa shape index (κ2) is 11.5. The van der Waals surface area contributed by atoms with Crippen molar-refractivity contribution in [1.29, 1.82) is 0 Å². The number of hydrogen-bond donors (Lipinski definition) is 2. The molecule has 0 aliphatic carbocycles. The highest BCUT2D eigenvalue weighted by Gasteiger charge is 2.15. The normalized spacial score (nSPS) is 12.1. The SMILES string of the molecule is COCCN=c1scc(-c2ccc(O)c(C(N)=O)c2)n1/N=C\c1c(C)nn(Cc2ccc(F)cc2)c1Cl. The van der Waals surface area contributed by atoms with Crippen LogP contribution in [0.3, 0.4) is 0 Å². The van der Waals surface area contributed by atoms with Gasteiger partial charge in [0.2, 0.25) is 4.80 Å². The molecule has 0 aliphatic heterocycles. The van der Waals surface area contributed by atoms with E-state index in [-0.39, 0.29) is 17.1 Å². The lowest BCUT2D eigenvalue weighted by Gasteiger charge is -2.07. The van der Waals surface area contributed by atoms with Crippen molar-refractivity contribution >= 4 is 35.1 Å². The molecule has 2 aromatic heterocycles. The number of nitrogens with zero attached hydrogens (tertiary/aromatic N) is 5. The molecule has 0 radical (unpaired) electrons. The third-order valence-electron chi connectivity index (χ3n) is 5.44. The van der Waals surface area contributed by atoms with Crippen LogP contribution in [0.25, 0.3) is 11.3 Å². The minimum Gasteiger partial charge on any atom is -0.507 e. The lowest BCUT2D eigenvalue weighted by atomic mass is 10.1. The number of aryl methyl sites for hydroxylation is 1. The molecule has 3 N–H and O–H groups in total. The maximum absolute atomic E-state index is 13.3. The Morgan fingerprint density at radius 1 is 1.30 bits per heavy atom. The molecule has 12 heteroatoms. The van der Waals surface area contributed by atoms with Crippen LogP contribution in [0.1, 0.15) is 27.2 Å². The minimum absolute atomic E-state index is 0.00180. The van der Waals surface area contributed by atoms with E-state index in [0.29, 0.717) is 52.2 Å².